The second-order valence-corrected chi connectivity index (χ2v) is 5.77. The molecule has 116 valence electrons. The third kappa shape index (κ3) is 3.42. The maximum Gasteiger partial charge on any atom is 0.242 e. The van der Waals surface area contributed by atoms with Crippen LogP contribution in [0.1, 0.15) is 19.2 Å². The van der Waals surface area contributed by atoms with Gasteiger partial charge >= 0.3 is 0 Å². The fourth-order valence-electron chi connectivity index (χ4n) is 2.49. The lowest BCUT2D eigenvalue weighted by Gasteiger charge is -2.26. The quantitative estimate of drug-likeness (QED) is 0.886. The average Bonchev–Trinajstić information content (AvgIpc) is 2.97. The lowest BCUT2D eigenvalue weighted by Crippen LogP contribution is -2.47. The van der Waals surface area contributed by atoms with Gasteiger partial charge in [0.05, 0.1) is 17.6 Å². The largest absolute Gasteiger partial charge is 0.309 e. The van der Waals surface area contributed by atoms with Crippen LogP contribution in [0.15, 0.2) is 24.7 Å². The SMILES string of the molecule is C[C@@H](N[C@H]1CCc2ncnn2C1)C(=O)Nc1ccc(Cl)cn1. The normalized spacial score (nSPS) is 18.5. The van der Waals surface area contributed by atoms with E-state index in [1.54, 1.807) is 18.5 Å². The van der Waals surface area contributed by atoms with Gasteiger partial charge in [-0.05, 0) is 25.5 Å². The zero-order valence-corrected chi connectivity index (χ0v) is 12.9. The Hall–Kier alpha value is -1.99. The Morgan fingerprint density at radius 3 is 3.09 bits per heavy atom. The first-order valence-corrected chi connectivity index (χ1v) is 7.55. The molecule has 0 fully saturated rings. The summed E-state index contributed by atoms with van der Waals surface area (Å²) in [4.78, 5) is 20.4. The molecule has 3 rings (SSSR count). The van der Waals surface area contributed by atoms with Crippen LogP contribution in [0.5, 0.6) is 0 Å². The van der Waals surface area contributed by atoms with Gasteiger partial charge in [-0.1, -0.05) is 11.6 Å². The first-order chi connectivity index (χ1) is 10.6. The fourth-order valence-corrected chi connectivity index (χ4v) is 2.60. The monoisotopic (exact) mass is 320 g/mol. The number of aryl methyl sites for hydroxylation is 1. The number of carbonyl (C=O) groups is 1. The van der Waals surface area contributed by atoms with Crippen LogP contribution in [-0.4, -0.2) is 37.7 Å². The Balaban J connectivity index is 1.54. The zero-order chi connectivity index (χ0) is 15.5. The number of aromatic nitrogens is 4. The van der Waals surface area contributed by atoms with E-state index >= 15 is 0 Å². The Bertz CT molecular complexity index is 656. The van der Waals surface area contributed by atoms with Gasteiger partial charge in [0, 0.05) is 18.7 Å². The van der Waals surface area contributed by atoms with E-state index < -0.39 is 0 Å². The van der Waals surface area contributed by atoms with Crippen LogP contribution < -0.4 is 10.6 Å². The fraction of sp³-hybridized carbons (Fsp3) is 0.429. The van der Waals surface area contributed by atoms with Crippen LogP contribution in [0.2, 0.25) is 5.02 Å². The van der Waals surface area contributed by atoms with Crippen molar-refractivity contribution in [2.45, 2.75) is 38.4 Å². The van der Waals surface area contributed by atoms with Gasteiger partial charge in [-0.3, -0.25) is 4.79 Å². The van der Waals surface area contributed by atoms with Crippen molar-refractivity contribution in [2.24, 2.45) is 0 Å². The van der Waals surface area contributed by atoms with E-state index in [2.05, 4.69) is 25.7 Å². The molecule has 0 bridgehead atoms. The number of rotatable bonds is 4. The summed E-state index contributed by atoms with van der Waals surface area (Å²) in [6, 6.07) is 3.24. The van der Waals surface area contributed by atoms with Gasteiger partial charge in [0.2, 0.25) is 5.91 Å². The molecule has 0 unspecified atom stereocenters. The summed E-state index contributed by atoms with van der Waals surface area (Å²) >= 11 is 5.77. The number of nitrogens with one attached hydrogen (secondary N) is 2. The second kappa shape index (κ2) is 6.41. The number of hydrogen-bond donors (Lipinski definition) is 2. The first-order valence-electron chi connectivity index (χ1n) is 7.17. The molecular weight excluding hydrogens is 304 g/mol. The van der Waals surface area contributed by atoms with E-state index in [0.717, 1.165) is 25.2 Å². The van der Waals surface area contributed by atoms with E-state index in [1.165, 1.54) is 6.20 Å². The molecule has 0 aliphatic carbocycles. The van der Waals surface area contributed by atoms with Crippen LogP contribution in [0.25, 0.3) is 0 Å². The molecule has 2 N–H and O–H groups in total. The van der Waals surface area contributed by atoms with Crippen LogP contribution in [0, 0.1) is 0 Å². The summed E-state index contributed by atoms with van der Waals surface area (Å²) < 4.78 is 1.88. The molecule has 7 nitrogen and oxygen atoms in total. The van der Waals surface area contributed by atoms with Crippen LogP contribution in [-0.2, 0) is 17.8 Å². The van der Waals surface area contributed by atoms with Crippen LogP contribution in [0.3, 0.4) is 0 Å². The maximum absolute atomic E-state index is 12.2. The van der Waals surface area contributed by atoms with Crippen molar-refractivity contribution < 1.29 is 4.79 Å². The highest BCUT2D eigenvalue weighted by Crippen LogP contribution is 2.13. The predicted octanol–water partition coefficient (Wildman–Crippen LogP) is 1.26. The molecule has 1 amide bonds. The second-order valence-electron chi connectivity index (χ2n) is 5.33. The minimum atomic E-state index is -0.326. The van der Waals surface area contributed by atoms with E-state index in [-0.39, 0.29) is 18.0 Å². The average molecular weight is 321 g/mol. The lowest BCUT2D eigenvalue weighted by atomic mass is 10.1. The number of pyridine rings is 1. The molecule has 0 saturated heterocycles. The van der Waals surface area contributed by atoms with Crippen molar-refractivity contribution in [3.8, 4) is 0 Å². The molecule has 1 aliphatic rings. The third-order valence-electron chi connectivity index (χ3n) is 3.66. The van der Waals surface area contributed by atoms with Crippen molar-refractivity contribution >= 4 is 23.3 Å². The van der Waals surface area contributed by atoms with E-state index in [4.69, 9.17) is 11.6 Å². The minimum absolute atomic E-state index is 0.126. The molecule has 8 heteroatoms. The highest BCUT2D eigenvalue weighted by Gasteiger charge is 2.23. The Kier molecular flexibility index (Phi) is 4.35. The van der Waals surface area contributed by atoms with Gasteiger partial charge in [0.25, 0.3) is 0 Å². The van der Waals surface area contributed by atoms with Gasteiger partial charge in [-0.2, -0.15) is 5.10 Å². The number of carbonyl (C=O) groups excluding carboxylic acids is 1. The maximum atomic E-state index is 12.2. The predicted molar refractivity (Wildman–Crippen MR) is 82.6 cm³/mol. The van der Waals surface area contributed by atoms with Crippen LogP contribution in [0.4, 0.5) is 5.82 Å². The highest BCUT2D eigenvalue weighted by atomic mass is 35.5. The topological polar surface area (TPSA) is 84.7 Å². The molecular formula is C14H17ClN6O. The zero-order valence-electron chi connectivity index (χ0n) is 12.2. The number of halogens is 1. The van der Waals surface area contributed by atoms with Crippen molar-refractivity contribution in [3.05, 3.63) is 35.5 Å². The number of amides is 1. The van der Waals surface area contributed by atoms with E-state index in [1.807, 2.05) is 11.6 Å². The van der Waals surface area contributed by atoms with Gasteiger partial charge in [0.1, 0.15) is 18.0 Å². The van der Waals surface area contributed by atoms with Crippen LogP contribution >= 0.6 is 11.6 Å². The molecule has 0 saturated carbocycles. The molecule has 1 aliphatic heterocycles. The Morgan fingerprint density at radius 2 is 2.32 bits per heavy atom. The molecule has 2 atom stereocenters. The number of nitrogens with zero attached hydrogens (tertiary/aromatic N) is 4. The Morgan fingerprint density at radius 1 is 1.45 bits per heavy atom. The summed E-state index contributed by atoms with van der Waals surface area (Å²) in [5.74, 6) is 1.37. The van der Waals surface area contributed by atoms with Crippen molar-refractivity contribution in [3.63, 3.8) is 0 Å². The smallest absolute Gasteiger partial charge is 0.242 e. The van der Waals surface area contributed by atoms with E-state index in [9.17, 15) is 4.79 Å². The lowest BCUT2D eigenvalue weighted by molar-refractivity contribution is -0.118. The van der Waals surface area contributed by atoms with Gasteiger partial charge in [0.15, 0.2) is 0 Å². The molecule has 2 aromatic rings. The summed E-state index contributed by atoms with van der Waals surface area (Å²) in [5.41, 5.74) is 0. The summed E-state index contributed by atoms with van der Waals surface area (Å²) in [6.45, 7) is 2.56. The number of fused-ring (bicyclic) bond motifs is 1. The number of hydrogen-bond acceptors (Lipinski definition) is 5. The third-order valence-corrected chi connectivity index (χ3v) is 3.89. The highest BCUT2D eigenvalue weighted by molar-refractivity contribution is 6.30. The summed E-state index contributed by atoms with van der Waals surface area (Å²) in [5, 5.41) is 10.8. The molecule has 22 heavy (non-hydrogen) atoms. The Labute approximate surface area is 133 Å². The van der Waals surface area contributed by atoms with Crippen molar-refractivity contribution in [2.75, 3.05) is 5.32 Å². The summed E-state index contributed by atoms with van der Waals surface area (Å²) in [6.07, 6.45) is 4.88. The van der Waals surface area contributed by atoms with E-state index in [0.29, 0.717) is 10.8 Å². The molecule has 0 aromatic carbocycles. The molecule has 0 spiro atoms. The van der Waals surface area contributed by atoms with Crippen molar-refractivity contribution in [1.82, 2.24) is 25.1 Å². The molecule has 2 aromatic heterocycles. The standard InChI is InChI=1S/C14H17ClN6O/c1-9(14(22)20-12-4-2-10(15)6-16-12)19-11-3-5-13-17-8-18-21(13)7-11/h2,4,6,8-9,11,19H,3,5,7H2,1H3,(H,16,20,22)/t9-,11+/m1/s1. The number of anilines is 1. The minimum Gasteiger partial charge on any atom is -0.309 e. The summed E-state index contributed by atoms with van der Waals surface area (Å²) in [7, 11) is 0. The van der Waals surface area contributed by atoms with Gasteiger partial charge < -0.3 is 10.6 Å². The first kappa shape index (κ1) is 14.9. The van der Waals surface area contributed by atoms with Crippen molar-refractivity contribution in [1.29, 1.82) is 0 Å². The van der Waals surface area contributed by atoms with Gasteiger partial charge in [-0.15, -0.1) is 0 Å². The molecule has 3 heterocycles. The van der Waals surface area contributed by atoms with Gasteiger partial charge in [-0.25, -0.2) is 14.6 Å². The molecule has 0 radical (unpaired) electrons.